The van der Waals surface area contributed by atoms with E-state index in [0.29, 0.717) is 29.7 Å². The minimum absolute atomic E-state index is 0.0274. The summed E-state index contributed by atoms with van der Waals surface area (Å²) in [4.78, 5) is 24.6. The van der Waals surface area contributed by atoms with Crippen LogP contribution in [0.4, 0.5) is 0 Å². The van der Waals surface area contributed by atoms with Crippen molar-refractivity contribution in [2.75, 3.05) is 0 Å². The number of hydrogen-bond acceptors (Lipinski definition) is 7. The lowest BCUT2D eigenvalue weighted by Gasteiger charge is -2.62. The molecule has 1 aromatic heterocycles. The molecule has 1 aromatic rings. The zero-order chi connectivity index (χ0) is 26.8. The number of aromatic hydroxyl groups is 1. The summed E-state index contributed by atoms with van der Waals surface area (Å²) >= 11 is 0. The highest BCUT2D eigenvalue weighted by Gasteiger charge is 2.62. The minimum Gasteiger partial charge on any atom is -0.507 e. The first-order valence-corrected chi connectivity index (χ1v) is 13.2. The first kappa shape index (κ1) is 26.9. The number of aliphatic hydroxyl groups excluding tert-OH is 1. The number of carbonyl (C=O) groups excluding carboxylic acids is 1. The molecule has 0 amide bonds. The maximum absolute atomic E-state index is 12.8. The maximum Gasteiger partial charge on any atom is 0.342 e. The van der Waals surface area contributed by atoms with Gasteiger partial charge in [-0.1, -0.05) is 20.4 Å². The van der Waals surface area contributed by atoms with Gasteiger partial charge in [-0.2, -0.15) is 0 Å². The second kappa shape index (κ2) is 9.02. The molecule has 0 unspecified atom stereocenters. The average Bonchev–Trinajstić information content (AvgIpc) is 2.87. The number of aliphatic hydroxyl groups is 1. The highest BCUT2D eigenvalue weighted by molar-refractivity contribution is 5.66. The number of esters is 1. The Kier molecular flexibility index (Phi) is 6.74. The Morgan fingerprint density at radius 1 is 1.14 bits per heavy atom. The molecule has 0 bridgehead atoms. The van der Waals surface area contributed by atoms with E-state index in [1.807, 2.05) is 13.8 Å². The van der Waals surface area contributed by atoms with Crippen molar-refractivity contribution in [1.29, 1.82) is 0 Å². The van der Waals surface area contributed by atoms with E-state index in [2.05, 4.69) is 20.4 Å². The number of aryl methyl sites for hydroxylation is 1. The van der Waals surface area contributed by atoms with Crippen LogP contribution in [0.3, 0.4) is 0 Å². The lowest BCUT2D eigenvalue weighted by molar-refractivity contribution is -0.209. The fourth-order valence-electron chi connectivity index (χ4n) is 7.59. The van der Waals surface area contributed by atoms with Crippen LogP contribution in [0.1, 0.15) is 83.6 Å². The van der Waals surface area contributed by atoms with Crippen LogP contribution in [0.15, 0.2) is 21.4 Å². The predicted octanol–water partition coefficient (Wildman–Crippen LogP) is 4.75. The van der Waals surface area contributed by atoms with E-state index < -0.39 is 17.3 Å². The van der Waals surface area contributed by atoms with Gasteiger partial charge < -0.3 is 24.1 Å². The number of hydrogen-bond donors (Lipinski definition) is 2. The topological polar surface area (TPSA) is 106 Å². The van der Waals surface area contributed by atoms with E-state index in [1.165, 1.54) is 6.92 Å². The van der Waals surface area contributed by atoms with Gasteiger partial charge in [0.15, 0.2) is 0 Å². The molecule has 3 fully saturated rings. The van der Waals surface area contributed by atoms with E-state index >= 15 is 0 Å². The molecule has 2 heterocycles. The van der Waals surface area contributed by atoms with Crippen molar-refractivity contribution in [1.82, 2.24) is 0 Å². The lowest BCUT2D eigenvalue weighted by Crippen LogP contribution is -2.59. The number of rotatable bonds is 3. The van der Waals surface area contributed by atoms with Crippen LogP contribution in [0.25, 0.3) is 0 Å². The molecule has 2 saturated carbocycles. The summed E-state index contributed by atoms with van der Waals surface area (Å²) in [5.41, 5.74) is -0.183. The van der Waals surface area contributed by atoms with Gasteiger partial charge >= 0.3 is 11.6 Å². The molecule has 2 N–H and O–H groups in total. The normalized spacial score (nSPS) is 38.0. The molecule has 7 nitrogen and oxygen atoms in total. The zero-order valence-corrected chi connectivity index (χ0v) is 22.8. The van der Waals surface area contributed by atoms with Crippen LogP contribution in [-0.4, -0.2) is 40.1 Å². The second-order valence-electron chi connectivity index (χ2n) is 12.4. The van der Waals surface area contributed by atoms with Gasteiger partial charge in [0.1, 0.15) is 17.6 Å². The van der Waals surface area contributed by atoms with E-state index in [9.17, 15) is 19.8 Å². The Morgan fingerprint density at radius 2 is 1.78 bits per heavy atom. The monoisotopic (exact) mass is 502 g/mol. The van der Waals surface area contributed by atoms with Crippen LogP contribution in [-0.2, 0) is 20.7 Å². The number of carbonyl (C=O) groups is 1. The van der Waals surface area contributed by atoms with Crippen molar-refractivity contribution in [2.45, 2.75) is 111 Å². The highest BCUT2D eigenvalue weighted by Crippen LogP contribution is 2.64. The van der Waals surface area contributed by atoms with Crippen molar-refractivity contribution in [3.63, 3.8) is 0 Å². The van der Waals surface area contributed by atoms with Gasteiger partial charge in [0.25, 0.3) is 0 Å². The summed E-state index contributed by atoms with van der Waals surface area (Å²) in [6.45, 7) is 17.6. The summed E-state index contributed by atoms with van der Waals surface area (Å²) in [5.74, 6) is -0.0582. The smallest absolute Gasteiger partial charge is 0.342 e. The van der Waals surface area contributed by atoms with Gasteiger partial charge in [0.2, 0.25) is 0 Å². The molecule has 0 spiro atoms. The van der Waals surface area contributed by atoms with Crippen LogP contribution < -0.4 is 5.63 Å². The molecule has 7 heteroatoms. The Morgan fingerprint density at radius 3 is 2.42 bits per heavy atom. The third kappa shape index (κ3) is 4.22. The predicted molar refractivity (Wildman–Crippen MR) is 136 cm³/mol. The van der Waals surface area contributed by atoms with Gasteiger partial charge in [-0.05, 0) is 94.5 Å². The van der Waals surface area contributed by atoms with Crippen molar-refractivity contribution in [3.8, 4) is 5.75 Å². The SMILES string of the molecule is C=C1[C@@H](O)C[C@H]2[C@](C)(CC[C@@H]3OC(C)(C)[C@@H](OC(C)=O)CC[C@]23C)[C@H]1Cc1c(O)c(C)c(C)oc1=O. The Hall–Kier alpha value is -2.12. The van der Waals surface area contributed by atoms with Crippen LogP contribution in [0, 0.1) is 36.5 Å². The molecular formula is C29H42O7. The molecule has 1 saturated heterocycles. The fraction of sp³-hybridized carbons (Fsp3) is 0.724. The Bertz CT molecular complexity index is 1120. The van der Waals surface area contributed by atoms with E-state index in [4.69, 9.17) is 13.9 Å². The van der Waals surface area contributed by atoms with E-state index in [0.717, 1.165) is 19.3 Å². The van der Waals surface area contributed by atoms with Gasteiger partial charge in [0.05, 0.1) is 23.4 Å². The third-order valence-corrected chi connectivity index (χ3v) is 9.95. The van der Waals surface area contributed by atoms with Gasteiger partial charge in [0, 0.05) is 12.5 Å². The third-order valence-electron chi connectivity index (χ3n) is 9.95. The van der Waals surface area contributed by atoms with Gasteiger partial charge in [-0.15, -0.1) is 0 Å². The summed E-state index contributed by atoms with van der Waals surface area (Å²) < 4.78 is 17.8. The molecule has 0 radical (unpaired) electrons. The molecule has 2 aliphatic carbocycles. The van der Waals surface area contributed by atoms with Crippen LogP contribution in [0.2, 0.25) is 0 Å². The molecule has 0 aromatic carbocycles. The molecule has 1 aliphatic heterocycles. The van der Waals surface area contributed by atoms with Gasteiger partial charge in [-0.3, -0.25) is 4.79 Å². The summed E-state index contributed by atoms with van der Waals surface area (Å²) in [5, 5.41) is 22.0. The summed E-state index contributed by atoms with van der Waals surface area (Å²) in [6, 6.07) is 0. The largest absolute Gasteiger partial charge is 0.507 e. The van der Waals surface area contributed by atoms with Gasteiger partial charge in [-0.25, -0.2) is 4.79 Å². The van der Waals surface area contributed by atoms with E-state index in [-0.39, 0.29) is 58.6 Å². The van der Waals surface area contributed by atoms with Crippen LogP contribution >= 0.6 is 0 Å². The summed E-state index contributed by atoms with van der Waals surface area (Å²) in [6.07, 6.45) is 2.83. The number of fused-ring (bicyclic) bond motifs is 3. The molecule has 36 heavy (non-hydrogen) atoms. The van der Waals surface area contributed by atoms with E-state index in [1.54, 1.807) is 13.8 Å². The average molecular weight is 503 g/mol. The lowest BCUT2D eigenvalue weighted by atomic mass is 9.44. The molecule has 3 aliphatic rings. The van der Waals surface area contributed by atoms with Crippen molar-refractivity contribution in [2.24, 2.45) is 22.7 Å². The molecule has 200 valence electrons. The number of ether oxygens (including phenoxy) is 2. The maximum atomic E-state index is 12.8. The zero-order valence-electron chi connectivity index (χ0n) is 22.8. The Balaban J connectivity index is 1.73. The van der Waals surface area contributed by atoms with Crippen molar-refractivity contribution >= 4 is 5.97 Å². The quantitative estimate of drug-likeness (QED) is 0.454. The molecule has 4 rings (SSSR count). The Labute approximate surface area is 213 Å². The highest BCUT2D eigenvalue weighted by atomic mass is 16.6. The summed E-state index contributed by atoms with van der Waals surface area (Å²) in [7, 11) is 0. The molecule has 7 atom stereocenters. The van der Waals surface area contributed by atoms with Crippen LogP contribution in [0.5, 0.6) is 5.75 Å². The minimum atomic E-state index is -0.718. The standard InChI is InChI=1S/C29H42O7/c1-15-17(3)34-26(33)19(25(15)32)13-20-16(2)21(31)14-22-28(20,7)11-10-24-29(22,8)12-9-23(35-18(4)30)27(5,6)36-24/h20-24,31-32H,2,9-14H2,1,3-8H3/t20-,21-,22-,23-,24-,28+,29+/m0/s1. The first-order chi connectivity index (χ1) is 16.6. The van der Waals surface area contributed by atoms with Crippen molar-refractivity contribution in [3.05, 3.63) is 39.5 Å². The molecular weight excluding hydrogens is 460 g/mol. The fourth-order valence-corrected chi connectivity index (χ4v) is 7.59. The first-order valence-electron chi connectivity index (χ1n) is 13.2. The van der Waals surface area contributed by atoms with Crippen molar-refractivity contribution < 1.29 is 28.9 Å². The second-order valence-corrected chi connectivity index (χ2v) is 12.4.